The Morgan fingerprint density at radius 1 is 0.875 bits per heavy atom. The third kappa shape index (κ3) is 4.14. The minimum Gasteiger partial charge on any atom is -0.486 e. The maximum absolute atomic E-state index is 13.4. The third-order valence-corrected chi connectivity index (χ3v) is 6.19. The normalized spacial score (nSPS) is 17.9. The number of anilines is 1. The van der Waals surface area contributed by atoms with Crippen molar-refractivity contribution in [1.82, 2.24) is 0 Å². The van der Waals surface area contributed by atoms with E-state index < -0.39 is 0 Å². The minimum absolute atomic E-state index is 0.0976. The number of amidine groups is 1. The number of ether oxygens (including phenoxy) is 2. The van der Waals surface area contributed by atoms with Crippen LogP contribution < -0.4 is 14.4 Å². The molecule has 0 spiro atoms. The SMILES string of the molecule is Cc1ccc(N=C2SC(=Cc3ccc4c(c3)OCCO4)C(=O)N2c2ccc(C)cc2)cc1. The van der Waals surface area contributed by atoms with Crippen molar-refractivity contribution in [1.29, 1.82) is 0 Å². The molecule has 32 heavy (non-hydrogen) atoms. The topological polar surface area (TPSA) is 51.1 Å². The van der Waals surface area contributed by atoms with Crippen molar-refractivity contribution >= 4 is 40.3 Å². The van der Waals surface area contributed by atoms with Crippen molar-refractivity contribution in [2.45, 2.75) is 13.8 Å². The van der Waals surface area contributed by atoms with Crippen LogP contribution in [0.15, 0.2) is 76.6 Å². The molecule has 2 heterocycles. The molecule has 0 radical (unpaired) electrons. The van der Waals surface area contributed by atoms with Gasteiger partial charge in [-0.2, -0.15) is 0 Å². The van der Waals surface area contributed by atoms with Crippen LogP contribution in [-0.4, -0.2) is 24.3 Å². The number of rotatable bonds is 3. The van der Waals surface area contributed by atoms with E-state index in [0.717, 1.165) is 28.3 Å². The van der Waals surface area contributed by atoms with Gasteiger partial charge in [0.15, 0.2) is 16.7 Å². The van der Waals surface area contributed by atoms with E-state index in [0.29, 0.717) is 29.0 Å². The molecule has 0 saturated carbocycles. The van der Waals surface area contributed by atoms with Gasteiger partial charge in [-0.25, -0.2) is 4.99 Å². The van der Waals surface area contributed by atoms with E-state index >= 15 is 0 Å². The van der Waals surface area contributed by atoms with E-state index in [9.17, 15) is 4.79 Å². The molecule has 0 aliphatic carbocycles. The maximum atomic E-state index is 13.4. The lowest BCUT2D eigenvalue weighted by atomic mass is 10.1. The first-order valence-electron chi connectivity index (χ1n) is 10.4. The van der Waals surface area contributed by atoms with Crippen molar-refractivity contribution in [2.24, 2.45) is 4.99 Å². The van der Waals surface area contributed by atoms with E-state index in [1.54, 1.807) is 4.90 Å². The average molecular weight is 443 g/mol. The summed E-state index contributed by atoms with van der Waals surface area (Å²) in [5.74, 6) is 1.33. The standard InChI is InChI=1S/C26H22N2O3S/c1-17-3-8-20(9-4-17)27-26-28(21-10-5-18(2)6-11-21)25(29)24(32-26)16-19-7-12-22-23(15-19)31-14-13-30-22/h3-12,15-16H,13-14H2,1-2H3. The number of hydrogen-bond acceptors (Lipinski definition) is 5. The maximum Gasteiger partial charge on any atom is 0.271 e. The second-order valence-corrected chi connectivity index (χ2v) is 8.73. The van der Waals surface area contributed by atoms with Gasteiger partial charge in [0, 0.05) is 0 Å². The number of fused-ring (bicyclic) bond motifs is 1. The highest BCUT2D eigenvalue weighted by atomic mass is 32.2. The predicted octanol–water partition coefficient (Wildman–Crippen LogP) is 5.88. The molecule has 3 aromatic carbocycles. The summed E-state index contributed by atoms with van der Waals surface area (Å²) in [4.78, 5) is 20.5. The monoisotopic (exact) mass is 442 g/mol. The molecule has 5 nitrogen and oxygen atoms in total. The van der Waals surface area contributed by atoms with Gasteiger partial charge < -0.3 is 9.47 Å². The number of benzene rings is 3. The summed E-state index contributed by atoms with van der Waals surface area (Å²) < 4.78 is 11.3. The zero-order valence-electron chi connectivity index (χ0n) is 17.9. The molecule has 0 bridgehead atoms. The van der Waals surface area contributed by atoms with E-state index in [4.69, 9.17) is 14.5 Å². The summed E-state index contributed by atoms with van der Waals surface area (Å²) in [5.41, 5.74) is 4.79. The predicted molar refractivity (Wildman–Crippen MR) is 130 cm³/mol. The average Bonchev–Trinajstić information content (AvgIpc) is 3.10. The van der Waals surface area contributed by atoms with Crippen LogP contribution in [0.1, 0.15) is 16.7 Å². The second kappa shape index (κ2) is 8.55. The summed E-state index contributed by atoms with van der Waals surface area (Å²) >= 11 is 1.37. The molecule has 1 amide bonds. The fourth-order valence-electron chi connectivity index (χ4n) is 3.50. The number of nitrogens with zero attached hydrogens (tertiary/aromatic N) is 2. The Labute approximate surface area is 191 Å². The number of amides is 1. The Balaban J connectivity index is 1.53. The van der Waals surface area contributed by atoms with E-state index in [2.05, 4.69) is 0 Å². The molecule has 1 fully saturated rings. The molecule has 0 unspecified atom stereocenters. The van der Waals surface area contributed by atoms with Crippen LogP contribution in [0, 0.1) is 13.8 Å². The van der Waals surface area contributed by atoms with Crippen LogP contribution >= 0.6 is 11.8 Å². The first-order valence-corrected chi connectivity index (χ1v) is 11.2. The lowest BCUT2D eigenvalue weighted by Gasteiger charge is -2.18. The van der Waals surface area contributed by atoms with Gasteiger partial charge in [-0.1, -0.05) is 41.5 Å². The van der Waals surface area contributed by atoms with Gasteiger partial charge in [0.2, 0.25) is 0 Å². The van der Waals surface area contributed by atoms with Crippen molar-refractivity contribution in [3.8, 4) is 11.5 Å². The van der Waals surface area contributed by atoms with E-state index in [1.165, 1.54) is 17.3 Å². The number of aliphatic imine (C=N–C) groups is 1. The molecule has 2 aliphatic heterocycles. The first-order chi connectivity index (χ1) is 15.6. The van der Waals surface area contributed by atoms with Crippen molar-refractivity contribution in [3.63, 3.8) is 0 Å². The Kier molecular flexibility index (Phi) is 5.45. The number of thioether (sulfide) groups is 1. The van der Waals surface area contributed by atoms with Gasteiger partial charge in [0.1, 0.15) is 13.2 Å². The van der Waals surface area contributed by atoms with Gasteiger partial charge in [-0.3, -0.25) is 9.69 Å². The van der Waals surface area contributed by atoms with Gasteiger partial charge >= 0.3 is 0 Å². The first kappa shape index (κ1) is 20.4. The van der Waals surface area contributed by atoms with Gasteiger partial charge in [-0.05, 0) is 73.6 Å². The Morgan fingerprint density at radius 2 is 1.53 bits per heavy atom. The summed E-state index contributed by atoms with van der Waals surface area (Å²) in [5, 5.41) is 0.631. The molecule has 0 N–H and O–H groups in total. The Hall–Kier alpha value is -3.51. The van der Waals surface area contributed by atoms with Gasteiger partial charge in [0.05, 0.1) is 16.3 Å². The zero-order chi connectivity index (χ0) is 22.1. The summed E-state index contributed by atoms with van der Waals surface area (Å²) in [6.07, 6.45) is 1.88. The minimum atomic E-state index is -0.0976. The molecule has 6 heteroatoms. The smallest absolute Gasteiger partial charge is 0.271 e. The molecular formula is C26H22N2O3S. The highest BCUT2D eigenvalue weighted by molar-refractivity contribution is 8.19. The van der Waals surface area contributed by atoms with E-state index in [1.807, 2.05) is 86.7 Å². The number of hydrogen-bond donors (Lipinski definition) is 0. The molecular weight excluding hydrogens is 420 g/mol. The summed E-state index contributed by atoms with van der Waals surface area (Å²) in [6.45, 7) is 5.14. The summed E-state index contributed by atoms with van der Waals surface area (Å²) in [7, 11) is 0. The van der Waals surface area contributed by atoms with Crippen LogP contribution in [0.3, 0.4) is 0 Å². The molecule has 160 valence electrons. The lowest BCUT2D eigenvalue weighted by Crippen LogP contribution is -2.28. The van der Waals surface area contributed by atoms with Crippen LogP contribution in [-0.2, 0) is 4.79 Å². The van der Waals surface area contributed by atoms with Crippen LogP contribution in [0.5, 0.6) is 11.5 Å². The molecule has 3 aromatic rings. The Morgan fingerprint density at radius 3 is 2.25 bits per heavy atom. The number of aryl methyl sites for hydroxylation is 2. The van der Waals surface area contributed by atoms with Crippen molar-refractivity contribution in [2.75, 3.05) is 18.1 Å². The Bertz CT molecular complexity index is 1230. The highest BCUT2D eigenvalue weighted by Gasteiger charge is 2.34. The molecule has 2 aliphatic rings. The van der Waals surface area contributed by atoms with Crippen molar-refractivity contribution < 1.29 is 14.3 Å². The van der Waals surface area contributed by atoms with E-state index in [-0.39, 0.29) is 5.91 Å². The molecule has 0 aromatic heterocycles. The van der Waals surface area contributed by atoms with Gasteiger partial charge in [-0.15, -0.1) is 0 Å². The molecule has 0 atom stereocenters. The quantitative estimate of drug-likeness (QED) is 0.475. The fourth-order valence-corrected chi connectivity index (χ4v) is 4.50. The molecule has 5 rings (SSSR count). The third-order valence-electron chi connectivity index (χ3n) is 5.22. The fraction of sp³-hybridized carbons (Fsp3) is 0.154. The second-order valence-electron chi connectivity index (χ2n) is 7.72. The lowest BCUT2D eigenvalue weighted by molar-refractivity contribution is -0.113. The number of carbonyl (C=O) groups excluding carboxylic acids is 1. The number of carbonyl (C=O) groups is 1. The largest absolute Gasteiger partial charge is 0.486 e. The molecule has 1 saturated heterocycles. The zero-order valence-corrected chi connectivity index (χ0v) is 18.7. The summed E-state index contributed by atoms with van der Waals surface area (Å²) in [6, 6.07) is 21.6. The van der Waals surface area contributed by atoms with Crippen LogP contribution in [0.4, 0.5) is 11.4 Å². The highest BCUT2D eigenvalue weighted by Crippen LogP contribution is 2.38. The van der Waals surface area contributed by atoms with Crippen LogP contribution in [0.2, 0.25) is 0 Å². The van der Waals surface area contributed by atoms with Crippen molar-refractivity contribution in [3.05, 3.63) is 88.3 Å². The van der Waals surface area contributed by atoms with Crippen LogP contribution in [0.25, 0.3) is 6.08 Å². The van der Waals surface area contributed by atoms with Gasteiger partial charge in [0.25, 0.3) is 5.91 Å².